The van der Waals surface area contributed by atoms with Gasteiger partial charge in [-0.25, -0.2) is 13.6 Å². The van der Waals surface area contributed by atoms with Gasteiger partial charge in [0.1, 0.15) is 11.6 Å². The Hall–Kier alpha value is -2.94. The first-order chi connectivity index (χ1) is 18.9. The third-order valence-corrected chi connectivity index (χ3v) is 6.90. The van der Waals surface area contributed by atoms with Gasteiger partial charge in [-0.15, -0.1) is 9.24 Å². The minimum Gasteiger partial charge on any atom is -0.430 e. The van der Waals surface area contributed by atoms with Crippen LogP contribution < -0.4 is 20.7 Å². The lowest BCUT2D eigenvalue weighted by Crippen LogP contribution is -2.57. The first-order valence-electron chi connectivity index (χ1n) is 12.0. The lowest BCUT2D eigenvalue weighted by molar-refractivity contribution is -0.249. The molecule has 0 aromatic heterocycles. The number of ether oxygens (including phenoxy) is 1. The van der Waals surface area contributed by atoms with Crippen LogP contribution in [0.15, 0.2) is 72.8 Å². The van der Waals surface area contributed by atoms with Crippen LogP contribution in [-0.4, -0.2) is 41.5 Å². The van der Waals surface area contributed by atoms with Crippen molar-refractivity contribution in [1.29, 1.82) is 0 Å². The molecule has 0 bridgehead atoms. The maximum absolute atomic E-state index is 14.2. The Morgan fingerprint density at radius 1 is 0.976 bits per heavy atom. The van der Waals surface area contributed by atoms with Crippen molar-refractivity contribution in [2.45, 2.75) is 42.7 Å². The molecular weight excluding hydrogens is 595 g/mol. The van der Waals surface area contributed by atoms with Crippen molar-refractivity contribution < 1.29 is 45.4 Å². The summed E-state index contributed by atoms with van der Waals surface area (Å²) in [5.74, 6) is -3.87. The summed E-state index contributed by atoms with van der Waals surface area (Å²) in [5.41, 5.74) is -4.07. The lowest BCUT2D eigenvalue weighted by Gasteiger charge is -2.37. The van der Waals surface area contributed by atoms with Crippen LogP contribution in [0.5, 0.6) is 5.75 Å². The molecule has 3 aromatic carbocycles. The van der Waals surface area contributed by atoms with Gasteiger partial charge in [-0.05, 0) is 59.3 Å². The number of hydrogen-bond acceptors (Lipinski definition) is 3. The molecule has 0 aliphatic heterocycles. The van der Waals surface area contributed by atoms with Crippen molar-refractivity contribution in [3.63, 3.8) is 0 Å². The van der Waals surface area contributed by atoms with Crippen LogP contribution in [0.4, 0.5) is 35.5 Å². The van der Waals surface area contributed by atoms with E-state index < -0.39 is 53.5 Å². The average molecular weight is 622 g/mol. The van der Waals surface area contributed by atoms with Crippen LogP contribution in [0.25, 0.3) is 0 Å². The molecule has 0 heterocycles. The first kappa shape index (κ1) is 32.6. The summed E-state index contributed by atoms with van der Waals surface area (Å²) in [6.45, 7) is -0.736. The molecule has 3 N–H and O–H groups in total. The first-order valence-corrected chi connectivity index (χ1v) is 13.2. The largest absolute Gasteiger partial charge is 0.433 e. The summed E-state index contributed by atoms with van der Waals surface area (Å²) in [6, 6.07) is 15.9. The second-order valence-electron chi connectivity index (χ2n) is 9.51. The number of alkyl halides is 6. The Labute approximate surface area is 236 Å². The number of rotatable bonds is 10. The van der Waals surface area contributed by atoms with E-state index in [4.69, 9.17) is 0 Å². The molecule has 3 rings (SSSR count). The van der Waals surface area contributed by atoms with Crippen LogP contribution in [0.3, 0.4) is 0 Å². The van der Waals surface area contributed by atoms with Gasteiger partial charge >= 0.3 is 18.3 Å². The minimum absolute atomic E-state index is 0.0954. The van der Waals surface area contributed by atoms with E-state index in [1.165, 1.54) is 33.5 Å². The molecule has 0 aliphatic rings. The number of benzene rings is 3. The summed E-state index contributed by atoms with van der Waals surface area (Å²) in [5, 5.41) is 14.7. The van der Waals surface area contributed by atoms with Crippen molar-refractivity contribution in [3.05, 3.63) is 95.3 Å². The SMILES string of the molecule is C[C@](O)(CNC(=O)N[C@](Cc1ccccc1)(c1ccc(F)cc1)c1cc(P)cc(OC(F)(F)C(F)P)c1)C(F)(F)F. The van der Waals surface area contributed by atoms with Crippen LogP contribution in [0, 0.1) is 5.82 Å². The molecule has 41 heavy (non-hydrogen) atoms. The Balaban J connectivity index is 2.19. The highest BCUT2D eigenvalue weighted by Crippen LogP contribution is 2.37. The van der Waals surface area contributed by atoms with E-state index in [2.05, 4.69) is 19.3 Å². The second kappa shape index (κ2) is 12.5. The van der Waals surface area contributed by atoms with E-state index in [9.17, 15) is 40.6 Å². The predicted molar refractivity (Wildman–Crippen MR) is 147 cm³/mol. The van der Waals surface area contributed by atoms with Gasteiger partial charge < -0.3 is 20.5 Å². The van der Waals surface area contributed by atoms with E-state index >= 15 is 0 Å². The van der Waals surface area contributed by atoms with E-state index in [-0.39, 0.29) is 22.9 Å². The molecule has 5 nitrogen and oxygen atoms in total. The average Bonchev–Trinajstić information content (AvgIpc) is 2.87. The van der Waals surface area contributed by atoms with Crippen molar-refractivity contribution in [3.8, 4) is 5.75 Å². The molecule has 0 radical (unpaired) electrons. The lowest BCUT2D eigenvalue weighted by atomic mass is 9.78. The molecular formula is C27H27F7N2O3P2. The number of urea groups is 1. The number of carbonyl (C=O) groups is 1. The number of amides is 2. The maximum atomic E-state index is 14.2. The Bertz CT molecular complexity index is 1340. The predicted octanol–water partition coefficient (Wildman–Crippen LogP) is 5.57. The van der Waals surface area contributed by atoms with Crippen LogP contribution in [-0.2, 0) is 12.0 Å². The Morgan fingerprint density at radius 3 is 2.15 bits per heavy atom. The molecule has 3 unspecified atom stereocenters. The summed E-state index contributed by atoms with van der Waals surface area (Å²) < 4.78 is 100.0. The third-order valence-electron chi connectivity index (χ3n) is 6.18. The standard InChI is InChI=1S/C27H27F7N2O3P2/c1-24(38,27(32,33)34)15-35-23(37)36-25(14-16-5-3-2-4-6-16,17-7-9-19(28)10-8-17)18-11-20(13-21(40)12-18)39-26(30,31)22(29)41/h2-13,22,38H,14-15,40-41H2,1H3,(H2,35,36,37)/t22?,24-,25+/m0/s1. The Kier molecular flexibility index (Phi) is 9.94. The van der Waals surface area contributed by atoms with Crippen molar-refractivity contribution in [1.82, 2.24) is 10.6 Å². The van der Waals surface area contributed by atoms with Crippen molar-refractivity contribution in [2.24, 2.45) is 0 Å². The molecule has 3 aromatic rings. The third kappa shape index (κ3) is 8.09. The van der Waals surface area contributed by atoms with Gasteiger partial charge in [0.2, 0.25) is 5.91 Å². The second-order valence-corrected chi connectivity index (χ2v) is 10.8. The molecule has 0 saturated carbocycles. The summed E-state index contributed by atoms with van der Waals surface area (Å²) >= 11 is 0. The fraction of sp³-hybridized carbons (Fsp3) is 0.296. The highest BCUT2D eigenvalue weighted by Gasteiger charge is 2.50. The molecule has 5 atom stereocenters. The number of carbonyl (C=O) groups excluding carboxylic acids is 1. The monoisotopic (exact) mass is 622 g/mol. The van der Waals surface area contributed by atoms with Crippen molar-refractivity contribution in [2.75, 3.05) is 6.54 Å². The zero-order chi connectivity index (χ0) is 30.6. The fourth-order valence-corrected chi connectivity index (χ4v) is 4.34. The zero-order valence-corrected chi connectivity index (χ0v) is 23.8. The van der Waals surface area contributed by atoms with Crippen LogP contribution in [0.2, 0.25) is 0 Å². The number of aliphatic hydroxyl groups is 1. The fourth-order valence-electron chi connectivity index (χ4n) is 3.93. The quantitative estimate of drug-likeness (QED) is 0.205. The zero-order valence-electron chi connectivity index (χ0n) is 21.5. The number of nitrogens with one attached hydrogen (secondary N) is 2. The highest BCUT2D eigenvalue weighted by molar-refractivity contribution is 7.27. The Morgan fingerprint density at radius 2 is 1.59 bits per heavy atom. The van der Waals surface area contributed by atoms with Gasteiger partial charge in [0.15, 0.2) is 5.60 Å². The van der Waals surface area contributed by atoms with Crippen LogP contribution >= 0.6 is 18.5 Å². The summed E-state index contributed by atoms with van der Waals surface area (Å²) in [4.78, 5) is 13.1. The topological polar surface area (TPSA) is 70.6 Å². The molecule has 0 spiro atoms. The van der Waals surface area contributed by atoms with E-state index in [0.29, 0.717) is 12.5 Å². The van der Waals surface area contributed by atoms with E-state index in [0.717, 1.165) is 18.2 Å². The molecule has 2 amide bonds. The summed E-state index contributed by atoms with van der Waals surface area (Å²) in [7, 11) is 3.57. The normalized spacial score (nSPS) is 15.8. The van der Waals surface area contributed by atoms with Gasteiger partial charge in [-0.3, -0.25) is 0 Å². The van der Waals surface area contributed by atoms with Gasteiger partial charge in [0.05, 0.1) is 12.1 Å². The van der Waals surface area contributed by atoms with Crippen LogP contribution in [0.1, 0.15) is 23.6 Å². The van der Waals surface area contributed by atoms with Gasteiger partial charge in [-0.2, -0.15) is 22.0 Å². The molecule has 0 fully saturated rings. The summed E-state index contributed by atoms with van der Waals surface area (Å²) in [6.07, 6.45) is -9.40. The van der Waals surface area contributed by atoms with E-state index in [1.807, 2.05) is 5.32 Å². The van der Waals surface area contributed by atoms with Crippen molar-refractivity contribution >= 4 is 29.8 Å². The maximum Gasteiger partial charge on any atom is 0.433 e. The molecule has 14 heteroatoms. The van der Waals surface area contributed by atoms with Gasteiger partial charge in [-0.1, -0.05) is 51.7 Å². The molecule has 222 valence electrons. The minimum atomic E-state index is -5.06. The number of hydrogen-bond donors (Lipinski definition) is 3. The number of halogens is 7. The highest BCUT2D eigenvalue weighted by atomic mass is 31.0. The van der Waals surface area contributed by atoms with Gasteiger partial charge in [0, 0.05) is 6.42 Å². The molecule has 0 aliphatic carbocycles. The molecule has 0 saturated heterocycles. The van der Waals surface area contributed by atoms with E-state index in [1.54, 1.807) is 30.3 Å². The smallest absolute Gasteiger partial charge is 0.430 e. The van der Waals surface area contributed by atoms with Gasteiger partial charge in [0.25, 0.3) is 0 Å².